The Kier molecular flexibility index (Phi) is 4.17. The van der Waals surface area contributed by atoms with Gasteiger partial charge in [0.1, 0.15) is 11.5 Å². The molecular weight excluding hydrogens is 280 g/mol. The first-order valence-electron chi connectivity index (χ1n) is 8.14. The van der Waals surface area contributed by atoms with Gasteiger partial charge in [0.15, 0.2) is 0 Å². The van der Waals surface area contributed by atoms with E-state index in [9.17, 15) is 4.79 Å². The number of carbonyl (C=O) groups is 1. The van der Waals surface area contributed by atoms with E-state index in [2.05, 4.69) is 30.5 Å². The molecule has 0 aromatic carbocycles. The van der Waals surface area contributed by atoms with Crippen molar-refractivity contribution in [3.63, 3.8) is 0 Å². The fourth-order valence-electron chi connectivity index (χ4n) is 3.50. The summed E-state index contributed by atoms with van der Waals surface area (Å²) < 4.78 is 11.1. The topological polar surface area (TPSA) is 63.5 Å². The van der Waals surface area contributed by atoms with Crippen molar-refractivity contribution in [3.8, 4) is 0 Å². The van der Waals surface area contributed by atoms with Crippen molar-refractivity contribution in [3.05, 3.63) is 23.2 Å². The van der Waals surface area contributed by atoms with Gasteiger partial charge < -0.3 is 19.8 Å². The highest BCUT2D eigenvalue weighted by Crippen LogP contribution is 2.41. The van der Waals surface area contributed by atoms with Gasteiger partial charge in [0.25, 0.3) is 0 Å². The quantitative estimate of drug-likeness (QED) is 0.902. The van der Waals surface area contributed by atoms with Gasteiger partial charge in [-0.2, -0.15) is 0 Å². The molecule has 1 fully saturated rings. The highest BCUT2D eigenvalue weighted by Gasteiger charge is 2.35. The number of ether oxygens (including phenoxy) is 1. The monoisotopic (exact) mass is 306 g/mol. The molecule has 2 heterocycles. The number of fused-ring (bicyclic) bond motifs is 1. The van der Waals surface area contributed by atoms with Gasteiger partial charge in [-0.25, -0.2) is 4.79 Å². The van der Waals surface area contributed by atoms with E-state index in [1.165, 1.54) is 0 Å². The molecule has 2 unspecified atom stereocenters. The van der Waals surface area contributed by atoms with Crippen LogP contribution in [0.15, 0.2) is 10.5 Å². The van der Waals surface area contributed by atoms with Crippen molar-refractivity contribution in [2.75, 3.05) is 19.8 Å². The van der Waals surface area contributed by atoms with Crippen LogP contribution in [0.3, 0.4) is 0 Å². The number of nitrogens with one attached hydrogen (secondary N) is 2. The lowest BCUT2D eigenvalue weighted by molar-refractivity contribution is 0.184. The van der Waals surface area contributed by atoms with Gasteiger partial charge in [-0.3, -0.25) is 0 Å². The predicted octanol–water partition coefficient (Wildman–Crippen LogP) is 2.94. The van der Waals surface area contributed by atoms with Crippen molar-refractivity contribution in [2.45, 2.75) is 46.1 Å². The van der Waals surface area contributed by atoms with Crippen LogP contribution >= 0.6 is 0 Å². The zero-order chi connectivity index (χ0) is 15.7. The highest BCUT2D eigenvalue weighted by molar-refractivity contribution is 5.74. The normalized spacial score (nSPS) is 26.5. The van der Waals surface area contributed by atoms with Crippen molar-refractivity contribution in [2.24, 2.45) is 11.3 Å². The third kappa shape index (κ3) is 3.46. The minimum atomic E-state index is -0.0978. The molecular formula is C17H26N2O3. The average Bonchev–Trinajstić information content (AvgIpc) is 3.04. The molecule has 2 amide bonds. The van der Waals surface area contributed by atoms with E-state index in [0.29, 0.717) is 12.5 Å². The fourth-order valence-corrected chi connectivity index (χ4v) is 3.50. The minimum absolute atomic E-state index is 0.0241. The number of aryl methyl sites for hydroxylation is 1. The van der Waals surface area contributed by atoms with E-state index >= 15 is 0 Å². The third-order valence-electron chi connectivity index (χ3n) is 4.62. The number of amides is 2. The standard InChI is InChI=1S/C17H26N2O3/c1-11-6-13-14(7-17(2,3)8-15(13)22-11)19-16(20)18-9-12-4-5-21-10-12/h6,12,14H,4-5,7-10H2,1-3H3,(H2,18,19,20). The Hall–Kier alpha value is -1.49. The third-order valence-corrected chi connectivity index (χ3v) is 4.62. The Morgan fingerprint density at radius 3 is 3.00 bits per heavy atom. The molecule has 22 heavy (non-hydrogen) atoms. The second-order valence-electron chi connectivity index (χ2n) is 7.42. The minimum Gasteiger partial charge on any atom is -0.466 e. The van der Waals surface area contributed by atoms with Crippen molar-refractivity contribution in [1.82, 2.24) is 10.6 Å². The number of rotatable bonds is 3. The Bertz CT molecular complexity index is 544. The SMILES string of the molecule is Cc1cc2c(o1)CC(C)(C)CC2NC(=O)NCC1CCOC1. The van der Waals surface area contributed by atoms with Gasteiger partial charge in [-0.1, -0.05) is 13.8 Å². The molecule has 0 radical (unpaired) electrons. The first-order chi connectivity index (χ1) is 10.4. The second-order valence-corrected chi connectivity index (χ2v) is 7.42. The molecule has 2 atom stereocenters. The molecule has 3 rings (SSSR count). The summed E-state index contributed by atoms with van der Waals surface area (Å²) in [5.74, 6) is 2.38. The lowest BCUT2D eigenvalue weighted by Gasteiger charge is -2.34. The molecule has 122 valence electrons. The first-order valence-corrected chi connectivity index (χ1v) is 8.14. The van der Waals surface area contributed by atoms with Crippen LogP contribution < -0.4 is 10.6 Å². The number of furan rings is 1. The second kappa shape index (κ2) is 5.95. The van der Waals surface area contributed by atoms with Crippen LogP contribution in [0.5, 0.6) is 0 Å². The number of hydrogen-bond donors (Lipinski definition) is 2. The molecule has 0 spiro atoms. The first kappa shape index (κ1) is 15.4. The average molecular weight is 306 g/mol. The van der Waals surface area contributed by atoms with Gasteiger partial charge in [0.05, 0.1) is 12.6 Å². The molecule has 1 aromatic heterocycles. The van der Waals surface area contributed by atoms with Crippen LogP contribution in [0.2, 0.25) is 0 Å². The maximum atomic E-state index is 12.2. The smallest absolute Gasteiger partial charge is 0.315 e. The fraction of sp³-hybridized carbons (Fsp3) is 0.706. The summed E-state index contributed by atoms with van der Waals surface area (Å²) in [6.07, 6.45) is 2.89. The molecule has 0 bridgehead atoms. The molecule has 0 saturated carbocycles. The molecule has 1 aliphatic carbocycles. The van der Waals surface area contributed by atoms with Crippen LogP contribution in [0.1, 0.15) is 49.8 Å². The number of carbonyl (C=O) groups excluding carboxylic acids is 1. The summed E-state index contributed by atoms with van der Waals surface area (Å²) >= 11 is 0. The van der Waals surface area contributed by atoms with Crippen LogP contribution in [-0.2, 0) is 11.2 Å². The van der Waals surface area contributed by atoms with Crippen molar-refractivity contribution >= 4 is 6.03 Å². The van der Waals surface area contributed by atoms with E-state index < -0.39 is 0 Å². The van der Waals surface area contributed by atoms with Crippen LogP contribution in [0.25, 0.3) is 0 Å². The summed E-state index contributed by atoms with van der Waals surface area (Å²) in [7, 11) is 0. The van der Waals surface area contributed by atoms with Gasteiger partial charge in [-0.05, 0) is 31.2 Å². The van der Waals surface area contributed by atoms with Crippen LogP contribution in [0, 0.1) is 18.3 Å². The maximum Gasteiger partial charge on any atom is 0.315 e. The zero-order valence-corrected chi connectivity index (χ0v) is 13.7. The summed E-state index contributed by atoms with van der Waals surface area (Å²) in [5.41, 5.74) is 1.27. The molecule has 5 heteroatoms. The van der Waals surface area contributed by atoms with Crippen molar-refractivity contribution < 1.29 is 13.9 Å². The summed E-state index contributed by atoms with van der Waals surface area (Å²) in [5, 5.41) is 6.09. The molecule has 5 nitrogen and oxygen atoms in total. The summed E-state index contributed by atoms with van der Waals surface area (Å²) in [4.78, 5) is 12.2. The number of urea groups is 1. The number of hydrogen-bond acceptors (Lipinski definition) is 3. The molecule has 1 aromatic rings. The summed E-state index contributed by atoms with van der Waals surface area (Å²) in [6, 6.07) is 1.98. The lowest BCUT2D eigenvalue weighted by Crippen LogP contribution is -2.43. The Morgan fingerprint density at radius 2 is 2.27 bits per heavy atom. The Balaban J connectivity index is 1.62. The van der Waals surface area contributed by atoms with Gasteiger partial charge >= 0.3 is 6.03 Å². The van der Waals surface area contributed by atoms with Crippen molar-refractivity contribution in [1.29, 1.82) is 0 Å². The predicted molar refractivity (Wildman–Crippen MR) is 83.7 cm³/mol. The zero-order valence-electron chi connectivity index (χ0n) is 13.7. The lowest BCUT2D eigenvalue weighted by atomic mass is 9.75. The molecule has 2 N–H and O–H groups in total. The molecule has 1 saturated heterocycles. The van der Waals surface area contributed by atoms with E-state index in [1.807, 2.05) is 6.92 Å². The van der Waals surface area contributed by atoms with Crippen LogP contribution in [-0.4, -0.2) is 25.8 Å². The summed E-state index contributed by atoms with van der Waals surface area (Å²) in [6.45, 7) is 8.64. The Morgan fingerprint density at radius 1 is 1.45 bits per heavy atom. The van der Waals surface area contributed by atoms with Gasteiger partial charge in [0.2, 0.25) is 0 Å². The van der Waals surface area contributed by atoms with Gasteiger partial charge in [-0.15, -0.1) is 0 Å². The molecule has 2 aliphatic rings. The van der Waals surface area contributed by atoms with E-state index in [1.54, 1.807) is 0 Å². The van der Waals surface area contributed by atoms with E-state index in [4.69, 9.17) is 9.15 Å². The maximum absolute atomic E-state index is 12.2. The highest BCUT2D eigenvalue weighted by atomic mass is 16.5. The molecule has 1 aliphatic heterocycles. The van der Waals surface area contributed by atoms with E-state index in [-0.39, 0.29) is 17.5 Å². The Labute approximate surface area is 131 Å². The van der Waals surface area contributed by atoms with Crippen LogP contribution in [0.4, 0.5) is 4.79 Å². The largest absolute Gasteiger partial charge is 0.466 e. The van der Waals surface area contributed by atoms with E-state index in [0.717, 1.165) is 49.6 Å². The van der Waals surface area contributed by atoms with Gasteiger partial charge in [0, 0.05) is 31.1 Å².